The van der Waals surface area contributed by atoms with Crippen LogP contribution in [0.1, 0.15) is 54.1 Å². The maximum absolute atomic E-state index is 13.2. The number of hydrogen-bond acceptors (Lipinski definition) is 4. The Morgan fingerprint density at radius 3 is 2.72 bits per heavy atom. The number of nitrogens with two attached hydrogens (primary N) is 1. The SMILES string of the molecule is CCC(CCN)CCC(=O)c1ccc2c(c1)CN(Cc1ccc(F)cc1)CCO2. The molecule has 2 aromatic rings. The summed E-state index contributed by atoms with van der Waals surface area (Å²) in [7, 11) is 0. The lowest BCUT2D eigenvalue weighted by Crippen LogP contribution is -2.25. The number of rotatable bonds is 9. The van der Waals surface area contributed by atoms with Gasteiger partial charge >= 0.3 is 0 Å². The summed E-state index contributed by atoms with van der Waals surface area (Å²) in [5.41, 5.74) is 8.51. The Labute approximate surface area is 172 Å². The average molecular weight is 399 g/mol. The van der Waals surface area contributed by atoms with Gasteiger partial charge in [-0.15, -0.1) is 0 Å². The van der Waals surface area contributed by atoms with E-state index in [0.29, 0.717) is 32.0 Å². The molecule has 0 aliphatic carbocycles. The molecule has 0 fully saturated rings. The maximum atomic E-state index is 13.2. The number of ether oxygens (including phenoxy) is 1. The summed E-state index contributed by atoms with van der Waals surface area (Å²) >= 11 is 0. The van der Waals surface area contributed by atoms with Crippen molar-refractivity contribution in [1.29, 1.82) is 0 Å². The first-order valence-electron chi connectivity index (χ1n) is 10.5. The summed E-state index contributed by atoms with van der Waals surface area (Å²) in [5.74, 6) is 1.31. The van der Waals surface area contributed by atoms with Crippen LogP contribution in [0.2, 0.25) is 0 Å². The van der Waals surface area contributed by atoms with Gasteiger partial charge in [0.05, 0.1) is 0 Å². The van der Waals surface area contributed by atoms with Crippen LogP contribution >= 0.6 is 0 Å². The number of Topliss-reactive ketones (excluding diaryl/α,β-unsaturated/α-hetero) is 1. The predicted molar refractivity (Wildman–Crippen MR) is 113 cm³/mol. The molecule has 5 heteroatoms. The van der Waals surface area contributed by atoms with Crippen LogP contribution in [0.15, 0.2) is 42.5 Å². The first kappa shape index (κ1) is 21.5. The van der Waals surface area contributed by atoms with E-state index >= 15 is 0 Å². The highest BCUT2D eigenvalue weighted by atomic mass is 19.1. The molecular weight excluding hydrogens is 367 g/mol. The second-order valence-electron chi connectivity index (χ2n) is 7.82. The zero-order valence-corrected chi connectivity index (χ0v) is 17.2. The summed E-state index contributed by atoms with van der Waals surface area (Å²) in [6, 6.07) is 12.4. The van der Waals surface area contributed by atoms with Crippen molar-refractivity contribution < 1.29 is 13.9 Å². The van der Waals surface area contributed by atoms with Crippen LogP contribution in [0.5, 0.6) is 5.75 Å². The van der Waals surface area contributed by atoms with E-state index in [1.807, 2.05) is 30.3 Å². The van der Waals surface area contributed by atoms with Gasteiger partial charge in [-0.05, 0) is 61.2 Å². The van der Waals surface area contributed by atoms with Crippen molar-refractivity contribution in [3.05, 3.63) is 65.0 Å². The number of fused-ring (bicyclic) bond motifs is 1. The monoisotopic (exact) mass is 398 g/mol. The van der Waals surface area contributed by atoms with Crippen molar-refractivity contribution in [1.82, 2.24) is 4.90 Å². The molecular formula is C24H31FN2O2. The fourth-order valence-corrected chi connectivity index (χ4v) is 3.87. The van der Waals surface area contributed by atoms with Gasteiger partial charge in [0.1, 0.15) is 18.2 Å². The lowest BCUT2D eigenvalue weighted by atomic mass is 9.93. The number of carbonyl (C=O) groups is 1. The minimum absolute atomic E-state index is 0.178. The van der Waals surface area contributed by atoms with E-state index in [4.69, 9.17) is 10.5 Å². The fraction of sp³-hybridized carbons (Fsp3) is 0.458. The Morgan fingerprint density at radius 1 is 1.21 bits per heavy atom. The topological polar surface area (TPSA) is 55.6 Å². The van der Waals surface area contributed by atoms with Crippen LogP contribution in [-0.4, -0.2) is 30.4 Å². The number of hydrogen-bond donors (Lipinski definition) is 1. The van der Waals surface area contributed by atoms with Crippen molar-refractivity contribution in [2.75, 3.05) is 19.7 Å². The van der Waals surface area contributed by atoms with Crippen molar-refractivity contribution in [3.63, 3.8) is 0 Å². The molecule has 1 aliphatic rings. The van der Waals surface area contributed by atoms with Crippen LogP contribution in [-0.2, 0) is 13.1 Å². The van der Waals surface area contributed by atoms with Gasteiger partial charge in [-0.3, -0.25) is 9.69 Å². The smallest absolute Gasteiger partial charge is 0.162 e. The summed E-state index contributed by atoms with van der Waals surface area (Å²) in [6.45, 7) is 5.63. The highest BCUT2D eigenvalue weighted by molar-refractivity contribution is 5.96. The molecule has 0 saturated heterocycles. The molecule has 4 nitrogen and oxygen atoms in total. The molecule has 2 N–H and O–H groups in total. The summed E-state index contributed by atoms with van der Waals surface area (Å²) in [6.07, 6.45) is 3.47. The fourth-order valence-electron chi connectivity index (χ4n) is 3.87. The molecule has 1 heterocycles. The third kappa shape index (κ3) is 6.12. The van der Waals surface area contributed by atoms with E-state index in [9.17, 15) is 9.18 Å². The van der Waals surface area contributed by atoms with Crippen LogP contribution < -0.4 is 10.5 Å². The Hall–Kier alpha value is -2.24. The Balaban J connectivity index is 1.66. The minimum atomic E-state index is -0.224. The first-order valence-corrected chi connectivity index (χ1v) is 10.5. The Morgan fingerprint density at radius 2 is 2.00 bits per heavy atom. The standard InChI is InChI=1S/C24H31FN2O2/c1-2-18(11-12-26)5-9-23(28)20-6-10-24-21(15-20)17-27(13-14-29-24)16-19-3-7-22(25)8-4-19/h3-4,6-8,10,15,18H,2,5,9,11-14,16-17,26H2,1H3. The van der Waals surface area contributed by atoms with Crippen LogP contribution in [0.25, 0.3) is 0 Å². The zero-order chi connectivity index (χ0) is 20.6. The van der Waals surface area contributed by atoms with Gasteiger partial charge in [-0.2, -0.15) is 0 Å². The van der Waals surface area contributed by atoms with Crippen LogP contribution in [0, 0.1) is 11.7 Å². The molecule has 0 saturated carbocycles. The largest absolute Gasteiger partial charge is 0.492 e. The van der Waals surface area contributed by atoms with Crippen molar-refractivity contribution in [3.8, 4) is 5.75 Å². The lowest BCUT2D eigenvalue weighted by molar-refractivity contribution is 0.0972. The normalized spacial score (nSPS) is 15.3. The van der Waals surface area contributed by atoms with Gasteiger partial charge in [0, 0.05) is 37.2 Å². The predicted octanol–water partition coefficient (Wildman–Crippen LogP) is 4.56. The van der Waals surface area contributed by atoms with Crippen molar-refractivity contribution >= 4 is 5.78 Å². The highest BCUT2D eigenvalue weighted by Gasteiger charge is 2.18. The molecule has 1 atom stereocenters. The van der Waals surface area contributed by atoms with Gasteiger partial charge in [-0.25, -0.2) is 4.39 Å². The molecule has 3 rings (SSSR count). The molecule has 0 amide bonds. The van der Waals surface area contributed by atoms with Crippen molar-refractivity contribution in [2.45, 2.75) is 45.7 Å². The number of ketones is 1. The third-order valence-electron chi connectivity index (χ3n) is 5.69. The Bertz CT molecular complexity index is 807. The van der Waals surface area contributed by atoms with Crippen LogP contribution in [0.4, 0.5) is 4.39 Å². The van der Waals surface area contributed by atoms with Gasteiger partial charge in [0.15, 0.2) is 5.78 Å². The maximum Gasteiger partial charge on any atom is 0.162 e. The second-order valence-corrected chi connectivity index (χ2v) is 7.82. The minimum Gasteiger partial charge on any atom is -0.492 e. The van der Waals surface area contributed by atoms with E-state index in [1.165, 1.54) is 12.1 Å². The summed E-state index contributed by atoms with van der Waals surface area (Å²) < 4.78 is 19.0. The van der Waals surface area contributed by atoms with Gasteiger partial charge < -0.3 is 10.5 Å². The molecule has 29 heavy (non-hydrogen) atoms. The number of carbonyl (C=O) groups excluding carboxylic acids is 1. The van der Waals surface area contributed by atoms with Crippen molar-refractivity contribution in [2.24, 2.45) is 11.7 Å². The van der Waals surface area contributed by atoms with E-state index < -0.39 is 0 Å². The number of halogens is 1. The quantitative estimate of drug-likeness (QED) is 0.629. The van der Waals surface area contributed by atoms with E-state index in [0.717, 1.165) is 54.8 Å². The summed E-state index contributed by atoms with van der Waals surface area (Å²) in [5, 5.41) is 0. The molecule has 156 valence electrons. The Kier molecular flexibility index (Phi) is 7.78. The number of nitrogens with zero attached hydrogens (tertiary/aromatic N) is 1. The third-order valence-corrected chi connectivity index (χ3v) is 5.69. The van der Waals surface area contributed by atoms with E-state index in [2.05, 4.69) is 11.8 Å². The summed E-state index contributed by atoms with van der Waals surface area (Å²) in [4.78, 5) is 15.0. The van der Waals surface area contributed by atoms with Gasteiger partial charge in [0.2, 0.25) is 0 Å². The first-order chi connectivity index (χ1) is 14.1. The molecule has 2 aromatic carbocycles. The molecule has 1 unspecified atom stereocenters. The lowest BCUT2D eigenvalue weighted by Gasteiger charge is -2.19. The molecule has 0 bridgehead atoms. The molecule has 0 spiro atoms. The molecule has 0 aromatic heterocycles. The van der Waals surface area contributed by atoms with E-state index in [1.54, 1.807) is 0 Å². The second kappa shape index (κ2) is 10.5. The molecule has 0 radical (unpaired) electrons. The van der Waals surface area contributed by atoms with Gasteiger partial charge in [-0.1, -0.05) is 25.5 Å². The molecule has 1 aliphatic heterocycles. The van der Waals surface area contributed by atoms with E-state index in [-0.39, 0.29) is 11.6 Å². The zero-order valence-electron chi connectivity index (χ0n) is 17.2. The number of benzene rings is 2. The van der Waals surface area contributed by atoms with Gasteiger partial charge in [0.25, 0.3) is 0 Å². The average Bonchev–Trinajstić information content (AvgIpc) is 2.93. The van der Waals surface area contributed by atoms with Crippen LogP contribution in [0.3, 0.4) is 0 Å². The highest BCUT2D eigenvalue weighted by Crippen LogP contribution is 2.26.